The smallest absolute Gasteiger partial charge is 0.242 e. The van der Waals surface area contributed by atoms with Crippen molar-refractivity contribution in [2.75, 3.05) is 12.0 Å². The SMILES string of the molecule is NNc1ccccc1S(=O)(=O)NCC(C1CC1)C1CC1. The third kappa shape index (κ3) is 2.97. The van der Waals surface area contributed by atoms with Gasteiger partial charge in [0.2, 0.25) is 10.0 Å². The molecule has 2 aliphatic rings. The summed E-state index contributed by atoms with van der Waals surface area (Å²) in [6, 6.07) is 6.69. The fourth-order valence-corrected chi connectivity index (χ4v) is 4.11. The lowest BCUT2D eigenvalue weighted by Gasteiger charge is -2.17. The summed E-state index contributed by atoms with van der Waals surface area (Å²) in [7, 11) is -3.50. The van der Waals surface area contributed by atoms with Gasteiger partial charge in [-0.2, -0.15) is 0 Å². The first-order chi connectivity index (χ1) is 9.62. The van der Waals surface area contributed by atoms with Crippen LogP contribution in [0.5, 0.6) is 0 Å². The van der Waals surface area contributed by atoms with Crippen molar-refractivity contribution in [1.82, 2.24) is 4.72 Å². The van der Waals surface area contributed by atoms with E-state index in [1.165, 1.54) is 25.7 Å². The van der Waals surface area contributed by atoms with Gasteiger partial charge in [0.25, 0.3) is 0 Å². The van der Waals surface area contributed by atoms with Crippen LogP contribution in [0.4, 0.5) is 5.69 Å². The molecular formula is C14H21N3O2S. The monoisotopic (exact) mass is 295 g/mol. The molecule has 1 aromatic carbocycles. The van der Waals surface area contributed by atoms with E-state index in [0.717, 1.165) is 11.8 Å². The molecule has 3 rings (SSSR count). The number of nitrogen functional groups attached to an aromatic ring is 1. The summed E-state index contributed by atoms with van der Waals surface area (Å²) in [6.07, 6.45) is 5.02. The van der Waals surface area contributed by atoms with Crippen molar-refractivity contribution in [3.63, 3.8) is 0 Å². The van der Waals surface area contributed by atoms with Crippen LogP contribution in [0.1, 0.15) is 25.7 Å². The lowest BCUT2D eigenvalue weighted by molar-refractivity contribution is 0.401. The van der Waals surface area contributed by atoms with Gasteiger partial charge < -0.3 is 5.43 Å². The molecule has 20 heavy (non-hydrogen) atoms. The zero-order valence-corrected chi connectivity index (χ0v) is 12.2. The fraction of sp³-hybridized carbons (Fsp3) is 0.571. The molecule has 1 aromatic rings. The molecule has 0 radical (unpaired) electrons. The molecule has 0 bridgehead atoms. The highest BCUT2D eigenvalue weighted by Gasteiger charge is 2.41. The lowest BCUT2D eigenvalue weighted by Crippen LogP contribution is -2.32. The number of hydrogen-bond acceptors (Lipinski definition) is 4. The Labute approximate surface area is 120 Å². The van der Waals surface area contributed by atoms with Crippen molar-refractivity contribution in [2.24, 2.45) is 23.6 Å². The van der Waals surface area contributed by atoms with Gasteiger partial charge in [-0.3, -0.25) is 5.84 Å². The zero-order chi connectivity index (χ0) is 14.2. The Bertz CT molecular complexity index is 568. The maximum Gasteiger partial charge on any atom is 0.242 e. The molecule has 5 nitrogen and oxygen atoms in total. The second kappa shape index (κ2) is 5.35. The molecule has 4 N–H and O–H groups in total. The molecule has 0 spiro atoms. The number of sulfonamides is 1. The van der Waals surface area contributed by atoms with E-state index < -0.39 is 10.0 Å². The number of hydrazine groups is 1. The predicted molar refractivity (Wildman–Crippen MR) is 78.4 cm³/mol. The summed E-state index contributed by atoms with van der Waals surface area (Å²) in [5.41, 5.74) is 2.87. The molecule has 2 fully saturated rings. The Kier molecular flexibility index (Phi) is 3.70. The summed E-state index contributed by atoms with van der Waals surface area (Å²) >= 11 is 0. The largest absolute Gasteiger partial charge is 0.323 e. The van der Waals surface area contributed by atoms with Crippen LogP contribution in [-0.2, 0) is 10.0 Å². The van der Waals surface area contributed by atoms with Crippen LogP contribution in [0, 0.1) is 17.8 Å². The van der Waals surface area contributed by atoms with E-state index in [9.17, 15) is 8.42 Å². The number of nitrogens with one attached hydrogen (secondary N) is 2. The van der Waals surface area contributed by atoms with E-state index in [0.29, 0.717) is 18.2 Å². The molecule has 0 aliphatic heterocycles. The van der Waals surface area contributed by atoms with Gasteiger partial charge in [0.1, 0.15) is 4.90 Å². The number of rotatable bonds is 7. The topological polar surface area (TPSA) is 84.2 Å². The van der Waals surface area contributed by atoms with Crippen LogP contribution >= 0.6 is 0 Å². The van der Waals surface area contributed by atoms with Gasteiger partial charge in [0.05, 0.1) is 5.69 Å². The van der Waals surface area contributed by atoms with Gasteiger partial charge in [0.15, 0.2) is 0 Å². The third-order valence-electron chi connectivity index (χ3n) is 4.30. The molecule has 0 atom stereocenters. The van der Waals surface area contributed by atoms with Crippen molar-refractivity contribution >= 4 is 15.7 Å². The van der Waals surface area contributed by atoms with Crippen molar-refractivity contribution in [3.8, 4) is 0 Å². The quantitative estimate of drug-likeness (QED) is 0.528. The standard InChI is InChI=1S/C14H21N3O2S/c15-17-13-3-1-2-4-14(13)20(18,19)16-9-12(10-5-6-10)11-7-8-11/h1-4,10-12,16-17H,5-9,15H2. The zero-order valence-electron chi connectivity index (χ0n) is 11.4. The number of anilines is 1. The van der Waals surface area contributed by atoms with Gasteiger partial charge in [0, 0.05) is 6.54 Å². The molecule has 6 heteroatoms. The second-order valence-corrected chi connectivity index (χ2v) is 7.57. The number of para-hydroxylation sites is 1. The van der Waals surface area contributed by atoms with Gasteiger partial charge in [-0.1, -0.05) is 12.1 Å². The van der Waals surface area contributed by atoms with Crippen molar-refractivity contribution < 1.29 is 8.42 Å². The molecule has 110 valence electrons. The summed E-state index contributed by atoms with van der Waals surface area (Å²) < 4.78 is 27.6. The fourth-order valence-electron chi connectivity index (χ4n) is 2.87. The average Bonchev–Trinajstić information content (AvgIpc) is 3.32. The summed E-state index contributed by atoms with van der Waals surface area (Å²) in [5.74, 6) is 7.35. The van der Waals surface area contributed by atoms with E-state index >= 15 is 0 Å². The maximum atomic E-state index is 12.4. The van der Waals surface area contributed by atoms with E-state index in [-0.39, 0.29) is 4.90 Å². The molecular weight excluding hydrogens is 274 g/mol. The van der Waals surface area contributed by atoms with Crippen LogP contribution in [-0.4, -0.2) is 15.0 Å². The minimum absolute atomic E-state index is 0.216. The maximum absolute atomic E-state index is 12.4. The summed E-state index contributed by atoms with van der Waals surface area (Å²) in [6.45, 7) is 0.552. The Hall–Kier alpha value is -1.11. The van der Waals surface area contributed by atoms with Crippen LogP contribution in [0.15, 0.2) is 29.2 Å². The highest BCUT2D eigenvalue weighted by Crippen LogP contribution is 2.48. The molecule has 2 saturated carbocycles. The minimum Gasteiger partial charge on any atom is -0.323 e. The molecule has 0 heterocycles. The highest BCUT2D eigenvalue weighted by atomic mass is 32.2. The summed E-state index contributed by atoms with van der Waals surface area (Å²) in [5, 5.41) is 0. The minimum atomic E-state index is -3.50. The third-order valence-corrected chi connectivity index (χ3v) is 5.78. The van der Waals surface area contributed by atoms with Crippen LogP contribution in [0.25, 0.3) is 0 Å². The van der Waals surface area contributed by atoms with Gasteiger partial charge in [-0.15, -0.1) is 0 Å². The van der Waals surface area contributed by atoms with Gasteiger partial charge >= 0.3 is 0 Å². The number of hydrogen-bond donors (Lipinski definition) is 3. The van der Waals surface area contributed by atoms with E-state index in [4.69, 9.17) is 5.84 Å². The molecule has 0 amide bonds. The number of benzene rings is 1. The first-order valence-electron chi connectivity index (χ1n) is 7.17. The Morgan fingerprint density at radius 3 is 2.30 bits per heavy atom. The van der Waals surface area contributed by atoms with Gasteiger partial charge in [-0.25, -0.2) is 13.1 Å². The Morgan fingerprint density at radius 1 is 1.15 bits per heavy atom. The molecule has 0 unspecified atom stereocenters. The number of nitrogens with two attached hydrogens (primary N) is 1. The molecule has 2 aliphatic carbocycles. The van der Waals surface area contributed by atoms with Gasteiger partial charge in [-0.05, 0) is 55.6 Å². The first-order valence-corrected chi connectivity index (χ1v) is 8.65. The van der Waals surface area contributed by atoms with Crippen LogP contribution in [0.3, 0.4) is 0 Å². The average molecular weight is 295 g/mol. The van der Waals surface area contributed by atoms with Crippen LogP contribution < -0.4 is 16.0 Å². The molecule has 0 saturated heterocycles. The lowest BCUT2D eigenvalue weighted by atomic mass is 9.99. The van der Waals surface area contributed by atoms with Crippen molar-refractivity contribution in [2.45, 2.75) is 30.6 Å². The Balaban J connectivity index is 1.71. The normalized spacial score (nSPS) is 19.3. The predicted octanol–water partition coefficient (Wildman–Crippen LogP) is 1.69. The van der Waals surface area contributed by atoms with Crippen molar-refractivity contribution in [1.29, 1.82) is 0 Å². The van der Waals surface area contributed by atoms with E-state index in [1.807, 2.05) is 0 Å². The van der Waals surface area contributed by atoms with E-state index in [1.54, 1.807) is 24.3 Å². The molecule has 0 aromatic heterocycles. The van der Waals surface area contributed by atoms with Crippen molar-refractivity contribution in [3.05, 3.63) is 24.3 Å². The summed E-state index contributed by atoms with van der Waals surface area (Å²) in [4.78, 5) is 0.216. The second-order valence-electron chi connectivity index (χ2n) is 5.83. The highest BCUT2D eigenvalue weighted by molar-refractivity contribution is 7.89. The first kappa shape index (κ1) is 13.9. The Morgan fingerprint density at radius 2 is 1.75 bits per heavy atom. The van der Waals surface area contributed by atoms with Crippen LogP contribution in [0.2, 0.25) is 0 Å². The van der Waals surface area contributed by atoms with E-state index in [2.05, 4.69) is 10.1 Å².